The minimum atomic E-state index is 0.185. The van der Waals surface area contributed by atoms with Crippen molar-refractivity contribution < 1.29 is 0 Å². The lowest BCUT2D eigenvalue weighted by Gasteiger charge is -2.18. The highest BCUT2D eigenvalue weighted by Crippen LogP contribution is 2.29. The normalized spacial score (nSPS) is 12.3. The Morgan fingerprint density at radius 2 is 1.55 bits per heavy atom. The number of nitrogens with one attached hydrogen (secondary N) is 1. The molecule has 0 saturated heterocycles. The highest BCUT2D eigenvalue weighted by atomic mass is 14.7. The first kappa shape index (κ1) is 14.9. The van der Waals surface area contributed by atoms with Crippen LogP contribution in [0.1, 0.15) is 51.7 Å². The maximum absolute atomic E-state index is 3.54. The van der Waals surface area contributed by atoms with Gasteiger partial charge in [0, 0.05) is 16.6 Å². The van der Waals surface area contributed by atoms with Crippen LogP contribution in [-0.2, 0) is 5.41 Å². The van der Waals surface area contributed by atoms with Crippen LogP contribution in [0, 0.1) is 0 Å². The van der Waals surface area contributed by atoms with Crippen molar-refractivity contribution in [2.75, 3.05) is 0 Å². The molecule has 0 aliphatic rings. The van der Waals surface area contributed by atoms with Crippen LogP contribution >= 0.6 is 0 Å². The van der Waals surface area contributed by atoms with Gasteiger partial charge >= 0.3 is 0 Å². The molecule has 0 atom stereocenters. The summed E-state index contributed by atoms with van der Waals surface area (Å²) in [5, 5.41) is 1.29. The first-order valence-electron chi connectivity index (χ1n) is 8.08. The van der Waals surface area contributed by atoms with E-state index in [-0.39, 0.29) is 5.41 Å². The Hall–Kier alpha value is -2.02. The molecule has 1 heteroatoms. The molecule has 0 bridgehead atoms. The van der Waals surface area contributed by atoms with Gasteiger partial charge in [0.05, 0.1) is 0 Å². The number of hydrogen-bond acceptors (Lipinski definition) is 0. The van der Waals surface area contributed by atoms with Crippen molar-refractivity contribution in [2.45, 2.75) is 46.0 Å². The highest BCUT2D eigenvalue weighted by molar-refractivity contribution is 5.86. The summed E-state index contributed by atoms with van der Waals surface area (Å²) >= 11 is 0. The minimum Gasteiger partial charge on any atom is -0.355 e. The fraction of sp³-hybridized carbons (Fsp3) is 0.333. The zero-order valence-corrected chi connectivity index (χ0v) is 14.2. The van der Waals surface area contributed by atoms with E-state index < -0.39 is 0 Å². The van der Waals surface area contributed by atoms with E-state index in [4.69, 9.17) is 0 Å². The van der Waals surface area contributed by atoms with Gasteiger partial charge in [0.15, 0.2) is 0 Å². The van der Waals surface area contributed by atoms with Crippen molar-refractivity contribution in [3.63, 3.8) is 0 Å². The van der Waals surface area contributed by atoms with Gasteiger partial charge in [0.2, 0.25) is 0 Å². The van der Waals surface area contributed by atoms with E-state index in [0.29, 0.717) is 5.92 Å². The van der Waals surface area contributed by atoms with Gasteiger partial charge in [-0.15, -0.1) is 0 Å². The monoisotopic (exact) mass is 291 g/mol. The van der Waals surface area contributed by atoms with E-state index in [0.717, 1.165) is 0 Å². The van der Waals surface area contributed by atoms with Crippen LogP contribution in [0.3, 0.4) is 0 Å². The molecule has 114 valence electrons. The molecule has 22 heavy (non-hydrogen) atoms. The summed E-state index contributed by atoms with van der Waals surface area (Å²) in [6.45, 7) is 11.2. The van der Waals surface area contributed by atoms with Crippen LogP contribution < -0.4 is 0 Å². The first-order valence-corrected chi connectivity index (χ1v) is 8.08. The fourth-order valence-electron chi connectivity index (χ4n) is 2.80. The SMILES string of the molecule is CC(C)c1ccc(-c2cc3cc(C(C)(C)C)ccc3[nH]2)cc1. The molecule has 0 spiro atoms. The Bertz CT molecular complexity index is 783. The number of aromatic amines is 1. The van der Waals surface area contributed by atoms with Crippen LogP contribution in [0.5, 0.6) is 0 Å². The van der Waals surface area contributed by atoms with Crippen molar-refractivity contribution in [1.82, 2.24) is 4.98 Å². The molecule has 1 aromatic heterocycles. The van der Waals surface area contributed by atoms with Crippen LogP contribution in [0.4, 0.5) is 0 Å². The predicted molar refractivity (Wildman–Crippen MR) is 96.5 cm³/mol. The first-order chi connectivity index (χ1) is 10.3. The summed E-state index contributed by atoms with van der Waals surface area (Å²) in [5.41, 5.74) is 6.59. The zero-order chi connectivity index (χ0) is 15.9. The molecule has 0 saturated carbocycles. The van der Waals surface area contributed by atoms with E-state index >= 15 is 0 Å². The van der Waals surface area contributed by atoms with Gasteiger partial charge in [-0.25, -0.2) is 0 Å². The molecular formula is C21H25N. The maximum atomic E-state index is 3.54. The second-order valence-corrected chi connectivity index (χ2v) is 7.51. The van der Waals surface area contributed by atoms with E-state index in [1.54, 1.807) is 0 Å². The third kappa shape index (κ3) is 2.81. The molecular weight excluding hydrogens is 266 g/mol. The molecule has 0 aliphatic heterocycles. The number of hydrogen-bond donors (Lipinski definition) is 1. The Morgan fingerprint density at radius 3 is 2.14 bits per heavy atom. The molecule has 0 amide bonds. The molecule has 0 radical (unpaired) electrons. The zero-order valence-electron chi connectivity index (χ0n) is 14.2. The lowest BCUT2D eigenvalue weighted by Crippen LogP contribution is -2.10. The Labute approximate surface area is 133 Å². The number of H-pyrrole nitrogens is 1. The molecule has 3 rings (SSSR count). The van der Waals surface area contributed by atoms with Gasteiger partial charge in [-0.2, -0.15) is 0 Å². The number of benzene rings is 2. The molecule has 3 aromatic rings. The fourth-order valence-corrected chi connectivity index (χ4v) is 2.80. The molecule has 1 nitrogen and oxygen atoms in total. The standard InChI is InChI=1S/C21H25N/c1-14(2)15-6-8-16(9-7-15)20-13-17-12-18(21(3,4)5)10-11-19(17)22-20/h6-14,22H,1-5H3. The summed E-state index contributed by atoms with van der Waals surface area (Å²) < 4.78 is 0. The third-order valence-electron chi connectivity index (χ3n) is 4.38. The summed E-state index contributed by atoms with van der Waals surface area (Å²) in [7, 11) is 0. The number of fused-ring (bicyclic) bond motifs is 1. The largest absolute Gasteiger partial charge is 0.355 e. The van der Waals surface area contributed by atoms with Crippen molar-refractivity contribution in [3.8, 4) is 11.3 Å². The van der Waals surface area contributed by atoms with Gasteiger partial charge in [0.25, 0.3) is 0 Å². The Balaban J connectivity index is 2.01. The van der Waals surface area contributed by atoms with E-state index in [2.05, 4.69) is 88.1 Å². The third-order valence-corrected chi connectivity index (χ3v) is 4.38. The number of aromatic nitrogens is 1. The molecule has 1 N–H and O–H groups in total. The van der Waals surface area contributed by atoms with Gasteiger partial charge in [-0.3, -0.25) is 0 Å². The highest BCUT2D eigenvalue weighted by Gasteiger charge is 2.14. The quantitative estimate of drug-likeness (QED) is 0.574. The summed E-state index contributed by atoms with van der Waals surface area (Å²) in [5.74, 6) is 0.575. The van der Waals surface area contributed by atoms with E-state index in [1.165, 1.54) is 33.3 Å². The van der Waals surface area contributed by atoms with Crippen molar-refractivity contribution in [2.24, 2.45) is 0 Å². The lowest BCUT2D eigenvalue weighted by atomic mass is 9.86. The summed E-state index contributed by atoms with van der Waals surface area (Å²) in [6, 6.07) is 17.9. The van der Waals surface area contributed by atoms with Crippen LogP contribution in [0.15, 0.2) is 48.5 Å². The number of rotatable bonds is 2. The van der Waals surface area contributed by atoms with Crippen LogP contribution in [0.25, 0.3) is 22.2 Å². The van der Waals surface area contributed by atoms with Gasteiger partial charge in [0.1, 0.15) is 0 Å². The van der Waals surface area contributed by atoms with Crippen molar-refractivity contribution in [3.05, 3.63) is 59.7 Å². The summed E-state index contributed by atoms with van der Waals surface area (Å²) in [4.78, 5) is 3.54. The molecule has 0 unspecified atom stereocenters. The second-order valence-electron chi connectivity index (χ2n) is 7.51. The van der Waals surface area contributed by atoms with Crippen molar-refractivity contribution in [1.29, 1.82) is 0 Å². The molecule has 0 fully saturated rings. The lowest BCUT2D eigenvalue weighted by molar-refractivity contribution is 0.591. The maximum Gasteiger partial charge on any atom is 0.0464 e. The average Bonchev–Trinajstić information content (AvgIpc) is 2.89. The molecule has 0 aliphatic carbocycles. The van der Waals surface area contributed by atoms with Crippen molar-refractivity contribution >= 4 is 10.9 Å². The van der Waals surface area contributed by atoms with Gasteiger partial charge in [-0.1, -0.05) is 65.0 Å². The Kier molecular flexibility index (Phi) is 3.60. The Morgan fingerprint density at radius 1 is 0.864 bits per heavy atom. The van der Waals surface area contributed by atoms with E-state index in [9.17, 15) is 0 Å². The molecule has 1 heterocycles. The van der Waals surface area contributed by atoms with Crippen LogP contribution in [0.2, 0.25) is 0 Å². The molecule has 2 aromatic carbocycles. The predicted octanol–water partition coefficient (Wildman–Crippen LogP) is 6.26. The van der Waals surface area contributed by atoms with Gasteiger partial charge < -0.3 is 4.98 Å². The van der Waals surface area contributed by atoms with Gasteiger partial charge in [-0.05, 0) is 46.2 Å². The van der Waals surface area contributed by atoms with E-state index in [1.807, 2.05) is 0 Å². The average molecular weight is 291 g/mol. The minimum absolute atomic E-state index is 0.185. The topological polar surface area (TPSA) is 15.8 Å². The second kappa shape index (κ2) is 5.31. The van der Waals surface area contributed by atoms with Crippen LogP contribution in [-0.4, -0.2) is 4.98 Å². The smallest absolute Gasteiger partial charge is 0.0464 e. The summed E-state index contributed by atoms with van der Waals surface area (Å²) in [6.07, 6.45) is 0.